The molecule has 4 rings (SSSR count). The van der Waals surface area contributed by atoms with Crippen LogP contribution >= 0.6 is 0 Å². The number of hydrogen-bond acceptors (Lipinski definition) is 8. The van der Waals surface area contributed by atoms with Crippen molar-refractivity contribution < 1.29 is 19.0 Å². The molecule has 0 spiro atoms. The molecule has 0 aliphatic carbocycles. The van der Waals surface area contributed by atoms with E-state index in [4.69, 9.17) is 14.2 Å². The van der Waals surface area contributed by atoms with Gasteiger partial charge in [-0.05, 0) is 17.7 Å². The molecule has 1 amide bonds. The fraction of sp³-hybridized carbons (Fsp3) is 0.400. The van der Waals surface area contributed by atoms with Crippen LogP contribution in [0.2, 0.25) is 0 Å². The minimum absolute atomic E-state index is 0.0597. The summed E-state index contributed by atoms with van der Waals surface area (Å²) in [4.78, 5) is 23.4. The Bertz CT molecular complexity index is 1010. The Morgan fingerprint density at radius 2 is 1.87 bits per heavy atom. The Morgan fingerprint density at radius 1 is 1.13 bits per heavy atom. The summed E-state index contributed by atoms with van der Waals surface area (Å²) in [6.07, 6.45) is 3.21. The number of nitrogens with one attached hydrogen (secondary N) is 1. The van der Waals surface area contributed by atoms with Gasteiger partial charge in [-0.25, -0.2) is 14.6 Å². The molecule has 30 heavy (non-hydrogen) atoms. The van der Waals surface area contributed by atoms with Crippen LogP contribution in [-0.4, -0.2) is 66.2 Å². The molecule has 1 fully saturated rings. The number of methoxy groups -OCH3 is 2. The number of nitrogens with zero attached hydrogens (tertiary/aromatic N) is 5. The fourth-order valence-corrected chi connectivity index (χ4v) is 3.38. The number of morpholine rings is 1. The maximum atomic E-state index is 12.5. The fourth-order valence-electron chi connectivity index (χ4n) is 3.38. The van der Waals surface area contributed by atoms with Crippen molar-refractivity contribution in [3.63, 3.8) is 0 Å². The van der Waals surface area contributed by atoms with E-state index in [0.29, 0.717) is 36.9 Å². The van der Waals surface area contributed by atoms with Crippen molar-refractivity contribution in [1.82, 2.24) is 25.1 Å². The zero-order chi connectivity index (χ0) is 20.9. The Kier molecular flexibility index (Phi) is 5.94. The van der Waals surface area contributed by atoms with Crippen molar-refractivity contribution in [2.45, 2.75) is 13.1 Å². The van der Waals surface area contributed by atoms with Crippen LogP contribution in [0.15, 0.2) is 30.7 Å². The van der Waals surface area contributed by atoms with Crippen molar-refractivity contribution in [2.24, 2.45) is 0 Å². The summed E-state index contributed by atoms with van der Waals surface area (Å²) in [5.41, 5.74) is 1.51. The van der Waals surface area contributed by atoms with E-state index in [0.717, 1.165) is 29.9 Å². The van der Waals surface area contributed by atoms with E-state index in [9.17, 15) is 4.79 Å². The molecule has 0 saturated carbocycles. The zero-order valence-electron chi connectivity index (χ0n) is 17.0. The Labute approximate surface area is 173 Å². The summed E-state index contributed by atoms with van der Waals surface area (Å²) >= 11 is 0. The van der Waals surface area contributed by atoms with Gasteiger partial charge in [0.25, 0.3) is 0 Å². The van der Waals surface area contributed by atoms with Crippen LogP contribution in [0.4, 0.5) is 5.82 Å². The molecule has 2 aromatic heterocycles. The van der Waals surface area contributed by atoms with Gasteiger partial charge in [-0.3, -0.25) is 4.79 Å². The molecular weight excluding hydrogens is 388 g/mol. The number of carbonyl (C=O) groups is 1. The van der Waals surface area contributed by atoms with Crippen LogP contribution in [0.5, 0.6) is 11.5 Å². The lowest BCUT2D eigenvalue weighted by Gasteiger charge is -2.27. The molecule has 1 aromatic carbocycles. The number of carbonyl (C=O) groups excluding carboxylic acids is 1. The first kappa shape index (κ1) is 19.9. The highest BCUT2D eigenvalue weighted by molar-refractivity contribution is 5.87. The molecule has 1 N–H and O–H groups in total. The highest BCUT2D eigenvalue weighted by atomic mass is 16.5. The van der Waals surface area contributed by atoms with Gasteiger partial charge < -0.3 is 24.4 Å². The maximum absolute atomic E-state index is 12.5. The largest absolute Gasteiger partial charge is 0.497 e. The zero-order valence-corrected chi connectivity index (χ0v) is 17.0. The van der Waals surface area contributed by atoms with Crippen LogP contribution in [0.1, 0.15) is 5.56 Å². The molecule has 1 aliphatic rings. The molecule has 3 heterocycles. The normalized spacial score (nSPS) is 14.0. The van der Waals surface area contributed by atoms with E-state index in [1.165, 1.54) is 6.33 Å². The van der Waals surface area contributed by atoms with Crippen molar-refractivity contribution in [2.75, 3.05) is 45.4 Å². The Hall–Kier alpha value is -3.40. The summed E-state index contributed by atoms with van der Waals surface area (Å²) in [5.74, 6) is 1.99. The van der Waals surface area contributed by atoms with Gasteiger partial charge in [0.15, 0.2) is 5.65 Å². The minimum atomic E-state index is -0.173. The monoisotopic (exact) mass is 412 g/mol. The standard InChI is InChI=1S/C20H24N6O4/c1-28-15-7-14(8-16(9-15)29-2)10-21-18(27)12-26-20-17(11-24-26)19(22-13-23-20)25-3-5-30-6-4-25/h7-9,11,13H,3-6,10,12H2,1-2H3,(H,21,27). The number of ether oxygens (including phenoxy) is 3. The number of amides is 1. The van der Waals surface area contributed by atoms with Crippen molar-refractivity contribution in [3.8, 4) is 11.5 Å². The predicted octanol–water partition coefficient (Wildman–Crippen LogP) is 0.996. The number of hydrogen-bond donors (Lipinski definition) is 1. The van der Waals surface area contributed by atoms with Gasteiger partial charge in [-0.15, -0.1) is 0 Å². The summed E-state index contributed by atoms with van der Waals surface area (Å²) in [6, 6.07) is 5.49. The Morgan fingerprint density at radius 3 is 2.57 bits per heavy atom. The summed E-state index contributed by atoms with van der Waals surface area (Å²) < 4.78 is 17.5. The first-order valence-electron chi connectivity index (χ1n) is 9.66. The van der Waals surface area contributed by atoms with Crippen LogP contribution in [-0.2, 0) is 22.6 Å². The molecule has 0 bridgehead atoms. The second kappa shape index (κ2) is 8.95. The summed E-state index contributed by atoms with van der Waals surface area (Å²) in [6.45, 7) is 3.27. The van der Waals surface area contributed by atoms with E-state index in [-0.39, 0.29) is 12.5 Å². The van der Waals surface area contributed by atoms with Gasteiger partial charge in [0.05, 0.1) is 39.0 Å². The van der Waals surface area contributed by atoms with Crippen LogP contribution in [0.3, 0.4) is 0 Å². The molecule has 0 radical (unpaired) electrons. The third kappa shape index (κ3) is 4.28. The number of benzene rings is 1. The molecular formula is C20H24N6O4. The highest BCUT2D eigenvalue weighted by Gasteiger charge is 2.18. The molecule has 1 saturated heterocycles. The van der Waals surface area contributed by atoms with Crippen molar-refractivity contribution >= 4 is 22.8 Å². The topological polar surface area (TPSA) is 104 Å². The molecule has 1 aliphatic heterocycles. The van der Waals surface area contributed by atoms with Crippen LogP contribution in [0, 0.1) is 0 Å². The maximum Gasteiger partial charge on any atom is 0.242 e. The Balaban J connectivity index is 1.45. The molecule has 0 unspecified atom stereocenters. The first-order valence-corrected chi connectivity index (χ1v) is 9.66. The average molecular weight is 412 g/mol. The van der Waals surface area contributed by atoms with Gasteiger partial charge in [0, 0.05) is 25.7 Å². The van der Waals surface area contributed by atoms with E-state index < -0.39 is 0 Å². The lowest BCUT2D eigenvalue weighted by molar-refractivity contribution is -0.121. The number of rotatable bonds is 7. The third-order valence-electron chi connectivity index (χ3n) is 4.92. The van der Waals surface area contributed by atoms with Crippen molar-refractivity contribution in [1.29, 1.82) is 0 Å². The molecule has 0 atom stereocenters. The molecule has 10 nitrogen and oxygen atoms in total. The van der Waals surface area contributed by atoms with Gasteiger partial charge >= 0.3 is 0 Å². The van der Waals surface area contributed by atoms with Crippen LogP contribution < -0.4 is 19.7 Å². The van der Waals surface area contributed by atoms with Gasteiger partial charge in [0.2, 0.25) is 5.91 Å². The van der Waals surface area contributed by atoms with Gasteiger partial charge in [-0.1, -0.05) is 0 Å². The summed E-state index contributed by atoms with van der Waals surface area (Å²) in [5, 5.41) is 8.08. The first-order chi connectivity index (χ1) is 14.7. The average Bonchev–Trinajstić information content (AvgIpc) is 3.20. The minimum Gasteiger partial charge on any atom is -0.497 e. The second-order valence-corrected chi connectivity index (χ2v) is 6.83. The van der Waals surface area contributed by atoms with Gasteiger partial charge in [-0.2, -0.15) is 5.10 Å². The lowest BCUT2D eigenvalue weighted by atomic mass is 10.2. The highest BCUT2D eigenvalue weighted by Crippen LogP contribution is 2.24. The predicted molar refractivity (Wildman–Crippen MR) is 110 cm³/mol. The summed E-state index contributed by atoms with van der Waals surface area (Å²) in [7, 11) is 3.18. The molecule has 3 aromatic rings. The number of aromatic nitrogens is 4. The molecule has 158 valence electrons. The van der Waals surface area contributed by atoms with E-state index in [1.54, 1.807) is 31.2 Å². The molecule has 10 heteroatoms. The number of fused-ring (bicyclic) bond motifs is 1. The van der Waals surface area contributed by atoms with Gasteiger partial charge in [0.1, 0.15) is 30.2 Å². The van der Waals surface area contributed by atoms with Crippen LogP contribution in [0.25, 0.3) is 11.0 Å². The smallest absolute Gasteiger partial charge is 0.242 e. The SMILES string of the molecule is COc1cc(CNC(=O)Cn2ncc3c(N4CCOCC4)ncnc32)cc(OC)c1. The van der Waals surface area contributed by atoms with E-state index in [2.05, 4.69) is 25.3 Å². The van der Waals surface area contributed by atoms with Crippen molar-refractivity contribution in [3.05, 3.63) is 36.3 Å². The van der Waals surface area contributed by atoms with E-state index >= 15 is 0 Å². The van der Waals surface area contributed by atoms with E-state index in [1.807, 2.05) is 12.1 Å². The lowest BCUT2D eigenvalue weighted by Crippen LogP contribution is -2.36. The third-order valence-corrected chi connectivity index (χ3v) is 4.92. The number of anilines is 1. The second-order valence-electron chi connectivity index (χ2n) is 6.83. The quantitative estimate of drug-likeness (QED) is 0.613.